The first-order valence-corrected chi connectivity index (χ1v) is 7.41. The van der Waals surface area contributed by atoms with Gasteiger partial charge >= 0.3 is 0 Å². The molecule has 1 amide bonds. The van der Waals surface area contributed by atoms with Gasteiger partial charge in [-0.2, -0.15) is 0 Å². The third-order valence-electron chi connectivity index (χ3n) is 3.46. The van der Waals surface area contributed by atoms with E-state index in [1.165, 1.54) is 6.92 Å². The highest BCUT2D eigenvalue weighted by atomic mass is 35.5. The van der Waals surface area contributed by atoms with Crippen molar-refractivity contribution in [1.82, 2.24) is 4.57 Å². The molecule has 1 N–H and O–H groups in total. The van der Waals surface area contributed by atoms with E-state index in [2.05, 4.69) is 10.2 Å². The van der Waals surface area contributed by atoms with E-state index < -0.39 is 5.91 Å². The van der Waals surface area contributed by atoms with E-state index in [0.29, 0.717) is 17.3 Å². The quantitative estimate of drug-likeness (QED) is 0.710. The summed E-state index contributed by atoms with van der Waals surface area (Å²) in [5.41, 5.74) is 2.10. The lowest BCUT2D eigenvalue weighted by Gasteiger charge is -2.07. The van der Waals surface area contributed by atoms with Crippen molar-refractivity contribution in [2.45, 2.75) is 13.5 Å². The van der Waals surface area contributed by atoms with Gasteiger partial charge in [0.15, 0.2) is 5.69 Å². The molecule has 6 heteroatoms. The van der Waals surface area contributed by atoms with E-state index in [1.807, 2.05) is 36.4 Å². The average molecular weight is 328 g/mol. The average Bonchev–Trinajstić information content (AvgIpc) is 2.80. The van der Waals surface area contributed by atoms with Gasteiger partial charge in [-0.05, 0) is 23.8 Å². The summed E-state index contributed by atoms with van der Waals surface area (Å²) in [4.78, 5) is 11.0. The number of azo groups is 1. The number of benzene rings is 2. The van der Waals surface area contributed by atoms with Crippen molar-refractivity contribution in [2.24, 2.45) is 10.2 Å². The molecular formula is C17H14ClN3O2. The lowest BCUT2D eigenvalue weighted by atomic mass is 10.2. The number of aromatic hydroxyl groups is 1. The van der Waals surface area contributed by atoms with Crippen LogP contribution in [0.15, 0.2) is 58.8 Å². The smallest absolute Gasteiger partial charge is 0.261 e. The number of hydrogen-bond acceptors (Lipinski definition) is 3. The molecule has 23 heavy (non-hydrogen) atoms. The van der Waals surface area contributed by atoms with Gasteiger partial charge in [-0.15, -0.1) is 10.2 Å². The number of para-hydroxylation sites is 1. The van der Waals surface area contributed by atoms with Gasteiger partial charge in [0.25, 0.3) is 5.91 Å². The highest BCUT2D eigenvalue weighted by molar-refractivity contribution is 6.30. The number of fused-ring (bicyclic) bond motifs is 1. The van der Waals surface area contributed by atoms with E-state index in [4.69, 9.17) is 11.6 Å². The maximum atomic E-state index is 11.0. The Morgan fingerprint density at radius 1 is 1.17 bits per heavy atom. The number of nitrogens with zero attached hydrogens (tertiary/aromatic N) is 3. The third-order valence-corrected chi connectivity index (χ3v) is 3.71. The van der Waals surface area contributed by atoms with Gasteiger partial charge in [0.2, 0.25) is 5.88 Å². The van der Waals surface area contributed by atoms with Crippen molar-refractivity contribution in [3.63, 3.8) is 0 Å². The normalized spacial score (nSPS) is 11.4. The highest BCUT2D eigenvalue weighted by Gasteiger charge is 2.16. The molecule has 0 radical (unpaired) electrons. The Bertz CT molecular complexity index is 898. The number of carbonyl (C=O) groups is 1. The fourth-order valence-corrected chi connectivity index (χ4v) is 2.55. The van der Waals surface area contributed by atoms with Crippen LogP contribution >= 0.6 is 11.6 Å². The molecule has 0 aliphatic rings. The van der Waals surface area contributed by atoms with Gasteiger partial charge in [0.05, 0.1) is 12.1 Å². The van der Waals surface area contributed by atoms with Crippen LogP contribution in [-0.4, -0.2) is 15.6 Å². The molecule has 0 aliphatic heterocycles. The number of carbonyl (C=O) groups excluding carboxylic acids is 1. The van der Waals surface area contributed by atoms with Gasteiger partial charge in [-0.25, -0.2) is 0 Å². The minimum atomic E-state index is -0.418. The lowest BCUT2D eigenvalue weighted by molar-refractivity contribution is -0.116. The van der Waals surface area contributed by atoms with Crippen molar-refractivity contribution in [2.75, 3.05) is 0 Å². The van der Waals surface area contributed by atoms with Gasteiger partial charge in [-0.3, -0.25) is 4.79 Å². The summed E-state index contributed by atoms with van der Waals surface area (Å²) in [6.07, 6.45) is 0. The SMILES string of the molecule is CC(=O)N=Nc1c(O)n(Cc2ccc(Cl)cc2)c2ccccc12. The minimum Gasteiger partial charge on any atom is -0.493 e. The third kappa shape index (κ3) is 3.10. The Morgan fingerprint density at radius 2 is 1.87 bits per heavy atom. The predicted octanol–water partition coefficient (Wildman–Crippen LogP) is 4.68. The molecule has 5 nitrogen and oxygen atoms in total. The van der Waals surface area contributed by atoms with Crippen molar-refractivity contribution < 1.29 is 9.90 Å². The second-order valence-corrected chi connectivity index (χ2v) is 5.56. The molecule has 0 unspecified atom stereocenters. The van der Waals surface area contributed by atoms with Crippen LogP contribution < -0.4 is 0 Å². The Kier molecular flexibility index (Phi) is 4.12. The Balaban J connectivity index is 2.11. The van der Waals surface area contributed by atoms with E-state index >= 15 is 0 Å². The molecule has 0 saturated heterocycles. The molecule has 0 bridgehead atoms. The molecular weight excluding hydrogens is 314 g/mol. The number of amides is 1. The molecule has 2 aromatic carbocycles. The van der Waals surface area contributed by atoms with Crippen LogP contribution in [0.3, 0.4) is 0 Å². The monoisotopic (exact) mass is 327 g/mol. The Morgan fingerprint density at radius 3 is 2.57 bits per heavy atom. The molecule has 3 aromatic rings. The van der Waals surface area contributed by atoms with Crippen molar-refractivity contribution in [3.8, 4) is 5.88 Å². The van der Waals surface area contributed by atoms with Crippen LogP contribution in [-0.2, 0) is 11.3 Å². The van der Waals surface area contributed by atoms with Crippen molar-refractivity contribution >= 4 is 34.1 Å². The fourth-order valence-electron chi connectivity index (χ4n) is 2.42. The molecule has 0 spiro atoms. The molecule has 0 aliphatic carbocycles. The van der Waals surface area contributed by atoms with Crippen LogP contribution in [0.1, 0.15) is 12.5 Å². The lowest BCUT2D eigenvalue weighted by Crippen LogP contribution is -1.98. The zero-order valence-corrected chi connectivity index (χ0v) is 13.2. The maximum Gasteiger partial charge on any atom is 0.261 e. The summed E-state index contributed by atoms with van der Waals surface area (Å²) in [5, 5.41) is 19.3. The standard InChI is InChI=1S/C17H14ClN3O2/c1-11(22)19-20-16-14-4-2-3-5-15(14)21(17(16)23)10-12-6-8-13(18)9-7-12/h2-9,23H,10H2,1H3. The summed E-state index contributed by atoms with van der Waals surface area (Å²) < 4.78 is 1.73. The van der Waals surface area contributed by atoms with E-state index in [1.54, 1.807) is 16.7 Å². The van der Waals surface area contributed by atoms with Crippen LogP contribution in [0.4, 0.5) is 5.69 Å². The van der Waals surface area contributed by atoms with E-state index in [-0.39, 0.29) is 5.88 Å². The molecule has 3 rings (SSSR count). The summed E-state index contributed by atoms with van der Waals surface area (Å²) in [5.74, 6) is -0.440. The largest absolute Gasteiger partial charge is 0.493 e. The summed E-state index contributed by atoms with van der Waals surface area (Å²) in [6.45, 7) is 1.77. The molecule has 1 aromatic heterocycles. The second-order valence-electron chi connectivity index (χ2n) is 5.12. The van der Waals surface area contributed by atoms with E-state index in [9.17, 15) is 9.90 Å². The van der Waals surface area contributed by atoms with Gasteiger partial charge in [-0.1, -0.05) is 41.9 Å². The van der Waals surface area contributed by atoms with Crippen LogP contribution in [0.2, 0.25) is 5.02 Å². The first kappa shape index (κ1) is 15.2. The molecule has 0 atom stereocenters. The molecule has 1 heterocycles. The highest BCUT2D eigenvalue weighted by Crippen LogP contribution is 2.39. The number of rotatable bonds is 3. The van der Waals surface area contributed by atoms with Crippen LogP contribution in [0, 0.1) is 0 Å². The van der Waals surface area contributed by atoms with Gasteiger partial charge in [0, 0.05) is 17.3 Å². The van der Waals surface area contributed by atoms with Crippen LogP contribution in [0.25, 0.3) is 10.9 Å². The Labute approximate surface area is 137 Å². The zero-order valence-electron chi connectivity index (χ0n) is 12.4. The topological polar surface area (TPSA) is 66.9 Å². The number of hydrogen-bond donors (Lipinski definition) is 1. The minimum absolute atomic E-state index is 0.0221. The summed E-state index contributed by atoms with van der Waals surface area (Å²) in [6, 6.07) is 14.8. The summed E-state index contributed by atoms with van der Waals surface area (Å²) in [7, 11) is 0. The molecule has 0 saturated carbocycles. The van der Waals surface area contributed by atoms with Gasteiger partial charge < -0.3 is 9.67 Å². The summed E-state index contributed by atoms with van der Waals surface area (Å²) >= 11 is 5.90. The molecule has 116 valence electrons. The fraction of sp³-hybridized carbons (Fsp3) is 0.118. The zero-order chi connectivity index (χ0) is 16.4. The van der Waals surface area contributed by atoms with Crippen molar-refractivity contribution in [1.29, 1.82) is 0 Å². The van der Waals surface area contributed by atoms with Crippen molar-refractivity contribution in [3.05, 3.63) is 59.1 Å². The first-order chi connectivity index (χ1) is 11.1. The first-order valence-electron chi connectivity index (χ1n) is 7.03. The van der Waals surface area contributed by atoms with E-state index in [0.717, 1.165) is 16.5 Å². The predicted molar refractivity (Wildman–Crippen MR) is 89.4 cm³/mol. The number of aromatic nitrogens is 1. The van der Waals surface area contributed by atoms with Gasteiger partial charge in [0.1, 0.15) is 0 Å². The van der Waals surface area contributed by atoms with Crippen LogP contribution in [0.5, 0.6) is 5.88 Å². The number of halogens is 1. The Hall–Kier alpha value is -2.66. The second kappa shape index (κ2) is 6.22. The maximum absolute atomic E-state index is 11.0. The molecule has 0 fully saturated rings.